The van der Waals surface area contributed by atoms with Crippen LogP contribution in [0, 0.1) is 5.92 Å². The molecule has 0 aliphatic heterocycles. The molecular weight excluding hydrogens is 529 g/mol. The molecule has 3 aromatic rings. The molecule has 0 saturated carbocycles. The predicted octanol–water partition coefficient (Wildman–Crippen LogP) is 6.28. The number of thioether (sulfide) groups is 1. The number of aromatic nitrogens is 3. The fraction of sp³-hybridized carbons (Fsp3) is 0.250. The Morgan fingerprint density at radius 2 is 1.83 bits per heavy atom. The van der Waals surface area contributed by atoms with Crippen molar-refractivity contribution in [3.63, 3.8) is 0 Å². The molecule has 7 nitrogen and oxygen atoms in total. The highest BCUT2D eigenvalue weighted by atomic mass is 35.5. The summed E-state index contributed by atoms with van der Waals surface area (Å²) in [6.07, 6.45) is 1.71. The largest absolute Gasteiger partial charge is 0.342 e. The SMILES string of the molecule is C=CCn1c(SCC(=O)Nc2ccc(Cl)c(Cl)c2)nnc1C(NC(=O)c1ccccc1Cl)C(C)C. The van der Waals surface area contributed by atoms with Gasteiger partial charge in [-0.05, 0) is 36.2 Å². The average Bonchev–Trinajstić information content (AvgIpc) is 3.21. The van der Waals surface area contributed by atoms with Crippen LogP contribution in [0.4, 0.5) is 5.69 Å². The minimum atomic E-state index is -0.439. The molecule has 2 N–H and O–H groups in total. The van der Waals surface area contributed by atoms with E-state index in [0.29, 0.717) is 43.8 Å². The van der Waals surface area contributed by atoms with Crippen molar-refractivity contribution in [1.29, 1.82) is 0 Å². The Morgan fingerprint density at radius 1 is 1.09 bits per heavy atom. The Kier molecular flexibility index (Phi) is 9.63. The van der Waals surface area contributed by atoms with Crippen molar-refractivity contribution < 1.29 is 9.59 Å². The van der Waals surface area contributed by atoms with Gasteiger partial charge in [0.1, 0.15) is 0 Å². The second kappa shape index (κ2) is 12.4. The molecule has 0 bridgehead atoms. The maximum Gasteiger partial charge on any atom is 0.253 e. The average molecular weight is 553 g/mol. The van der Waals surface area contributed by atoms with Crippen LogP contribution in [-0.4, -0.2) is 32.3 Å². The van der Waals surface area contributed by atoms with Crippen molar-refractivity contribution in [2.24, 2.45) is 5.92 Å². The number of hydrogen-bond donors (Lipinski definition) is 2. The number of anilines is 1. The summed E-state index contributed by atoms with van der Waals surface area (Å²) in [7, 11) is 0. The van der Waals surface area contributed by atoms with E-state index < -0.39 is 6.04 Å². The van der Waals surface area contributed by atoms with Gasteiger partial charge in [0.05, 0.1) is 32.4 Å². The van der Waals surface area contributed by atoms with Crippen molar-refractivity contribution in [2.45, 2.75) is 31.6 Å². The maximum atomic E-state index is 12.9. The molecular formula is C24H24Cl3N5O2S. The van der Waals surface area contributed by atoms with Crippen LogP contribution in [0.1, 0.15) is 36.1 Å². The molecule has 35 heavy (non-hydrogen) atoms. The van der Waals surface area contributed by atoms with E-state index in [-0.39, 0.29) is 23.5 Å². The number of carbonyl (C=O) groups excluding carboxylic acids is 2. The summed E-state index contributed by atoms with van der Waals surface area (Å²) < 4.78 is 1.83. The number of carbonyl (C=O) groups is 2. The van der Waals surface area contributed by atoms with Crippen LogP contribution < -0.4 is 10.6 Å². The van der Waals surface area contributed by atoms with Gasteiger partial charge < -0.3 is 15.2 Å². The first-order chi connectivity index (χ1) is 16.7. The Hall–Kier alpha value is -2.52. The topological polar surface area (TPSA) is 88.9 Å². The van der Waals surface area contributed by atoms with Crippen LogP contribution in [0.15, 0.2) is 60.3 Å². The molecule has 3 rings (SSSR count). The molecule has 1 unspecified atom stereocenters. The van der Waals surface area contributed by atoms with E-state index in [1.807, 2.05) is 18.4 Å². The monoisotopic (exact) mass is 551 g/mol. The molecule has 1 aromatic heterocycles. The first-order valence-corrected chi connectivity index (χ1v) is 12.8. The van der Waals surface area contributed by atoms with Gasteiger partial charge in [-0.25, -0.2) is 0 Å². The predicted molar refractivity (Wildman–Crippen MR) is 143 cm³/mol. The summed E-state index contributed by atoms with van der Waals surface area (Å²) in [4.78, 5) is 25.4. The molecule has 0 spiro atoms. The van der Waals surface area contributed by atoms with Crippen LogP contribution in [0.3, 0.4) is 0 Å². The van der Waals surface area contributed by atoms with Gasteiger partial charge in [-0.15, -0.1) is 16.8 Å². The number of benzene rings is 2. The molecule has 0 radical (unpaired) electrons. The van der Waals surface area contributed by atoms with Gasteiger partial charge in [-0.2, -0.15) is 0 Å². The first-order valence-electron chi connectivity index (χ1n) is 10.7. The quantitative estimate of drug-likeness (QED) is 0.228. The number of amides is 2. The van der Waals surface area contributed by atoms with Crippen molar-refractivity contribution in [3.8, 4) is 0 Å². The van der Waals surface area contributed by atoms with Gasteiger partial charge in [0.2, 0.25) is 5.91 Å². The van der Waals surface area contributed by atoms with Crippen LogP contribution in [0.2, 0.25) is 15.1 Å². The third-order valence-corrected chi connectivity index (χ3v) is 6.98. The van der Waals surface area contributed by atoms with Crippen molar-refractivity contribution >= 4 is 64.1 Å². The Morgan fingerprint density at radius 3 is 2.49 bits per heavy atom. The lowest BCUT2D eigenvalue weighted by molar-refractivity contribution is -0.113. The van der Waals surface area contributed by atoms with E-state index in [2.05, 4.69) is 27.4 Å². The third-order valence-electron chi connectivity index (χ3n) is 4.94. The second-order valence-corrected chi connectivity index (χ2v) is 10.0. The lowest BCUT2D eigenvalue weighted by Gasteiger charge is -2.23. The standard InChI is InChI=1S/C24H24Cl3N5O2S/c1-4-11-32-22(21(14(2)3)29-23(34)16-7-5-6-8-17(16)25)30-31-24(32)35-13-20(33)28-15-9-10-18(26)19(27)12-15/h4-10,12,14,21H,1,11,13H2,2-3H3,(H,28,33)(H,29,34). The zero-order chi connectivity index (χ0) is 25.5. The minimum Gasteiger partial charge on any atom is -0.342 e. The van der Waals surface area contributed by atoms with E-state index in [1.54, 1.807) is 48.5 Å². The molecule has 2 amide bonds. The lowest BCUT2D eigenvalue weighted by Crippen LogP contribution is -2.34. The summed E-state index contributed by atoms with van der Waals surface area (Å²) >= 11 is 19.4. The Bertz CT molecular complexity index is 1230. The summed E-state index contributed by atoms with van der Waals surface area (Å²) in [6, 6.07) is 11.3. The van der Waals surface area contributed by atoms with Gasteiger partial charge in [0.15, 0.2) is 11.0 Å². The van der Waals surface area contributed by atoms with Gasteiger partial charge in [-0.1, -0.05) is 78.6 Å². The van der Waals surface area contributed by atoms with Crippen molar-refractivity contribution in [3.05, 3.63) is 81.6 Å². The van der Waals surface area contributed by atoms with Gasteiger partial charge in [0.25, 0.3) is 5.91 Å². The van der Waals surface area contributed by atoms with Crippen LogP contribution in [0.5, 0.6) is 0 Å². The van der Waals surface area contributed by atoms with E-state index in [1.165, 1.54) is 11.8 Å². The number of hydrogen-bond acceptors (Lipinski definition) is 5. The van der Waals surface area contributed by atoms with Crippen LogP contribution >= 0.6 is 46.6 Å². The smallest absolute Gasteiger partial charge is 0.253 e. The summed E-state index contributed by atoms with van der Waals surface area (Å²) in [5, 5.41) is 16.1. The summed E-state index contributed by atoms with van der Waals surface area (Å²) in [6.45, 7) is 8.17. The number of halogens is 3. The third kappa shape index (κ3) is 7.01. The maximum absolute atomic E-state index is 12.9. The van der Waals surface area contributed by atoms with E-state index >= 15 is 0 Å². The highest BCUT2D eigenvalue weighted by molar-refractivity contribution is 7.99. The van der Waals surface area contributed by atoms with Crippen molar-refractivity contribution in [2.75, 3.05) is 11.1 Å². The number of rotatable bonds is 10. The number of nitrogens with zero attached hydrogens (tertiary/aromatic N) is 3. The first kappa shape index (κ1) is 27.1. The van der Waals surface area contributed by atoms with Crippen LogP contribution in [0.25, 0.3) is 0 Å². The fourth-order valence-corrected chi connectivity index (χ4v) is 4.51. The molecule has 11 heteroatoms. The van der Waals surface area contributed by atoms with E-state index in [4.69, 9.17) is 34.8 Å². The van der Waals surface area contributed by atoms with Crippen molar-refractivity contribution in [1.82, 2.24) is 20.1 Å². The molecule has 0 fully saturated rings. The number of allylic oxidation sites excluding steroid dienone is 1. The molecule has 1 heterocycles. The zero-order valence-corrected chi connectivity index (χ0v) is 22.2. The zero-order valence-electron chi connectivity index (χ0n) is 19.1. The van der Waals surface area contributed by atoms with Gasteiger partial charge >= 0.3 is 0 Å². The second-order valence-electron chi connectivity index (χ2n) is 7.88. The summed E-state index contributed by atoms with van der Waals surface area (Å²) in [5.74, 6) is 0.110. The normalized spacial score (nSPS) is 11.8. The van der Waals surface area contributed by atoms with Crippen LogP contribution in [-0.2, 0) is 11.3 Å². The highest BCUT2D eigenvalue weighted by Gasteiger charge is 2.27. The molecule has 0 aliphatic rings. The summed E-state index contributed by atoms with van der Waals surface area (Å²) in [5.41, 5.74) is 0.920. The van der Waals surface area contributed by atoms with E-state index in [0.717, 1.165) is 0 Å². The molecule has 0 aliphatic carbocycles. The molecule has 184 valence electrons. The van der Waals surface area contributed by atoms with Gasteiger partial charge in [0, 0.05) is 12.2 Å². The highest BCUT2D eigenvalue weighted by Crippen LogP contribution is 2.28. The Labute approximate surface area is 223 Å². The fourth-order valence-electron chi connectivity index (χ4n) is 3.23. The molecule has 1 atom stereocenters. The minimum absolute atomic E-state index is 0.00463. The molecule has 2 aromatic carbocycles. The van der Waals surface area contributed by atoms with Gasteiger partial charge in [-0.3, -0.25) is 9.59 Å². The number of nitrogens with one attached hydrogen (secondary N) is 2. The lowest BCUT2D eigenvalue weighted by atomic mass is 10.0. The van der Waals surface area contributed by atoms with E-state index in [9.17, 15) is 9.59 Å². The molecule has 0 saturated heterocycles. The Balaban J connectivity index is 1.76.